The van der Waals surface area contributed by atoms with Gasteiger partial charge in [-0.15, -0.1) is 0 Å². The molecule has 2 aromatic carbocycles. The standard InChI is InChI=1S/C21H24ClN3O3S2/c1-4-6-13-25(5-2)30(27,28)17-10-7-15(8-11-17)20(26)23-21-24(3)18-12-9-16(22)14-19(18)29-21/h7-12,14H,4-6,13H2,1-3H3. The largest absolute Gasteiger partial charge is 0.319 e. The Morgan fingerprint density at radius 2 is 1.87 bits per heavy atom. The van der Waals surface area contributed by atoms with E-state index in [1.54, 1.807) is 6.07 Å². The number of aryl methyl sites for hydroxylation is 1. The van der Waals surface area contributed by atoms with Crippen LogP contribution in [0.5, 0.6) is 0 Å². The number of aromatic nitrogens is 1. The quantitative estimate of drug-likeness (QED) is 0.517. The van der Waals surface area contributed by atoms with Crippen molar-refractivity contribution in [3.05, 3.63) is 57.9 Å². The van der Waals surface area contributed by atoms with Gasteiger partial charge in [-0.1, -0.05) is 43.2 Å². The molecule has 0 aliphatic carbocycles. The molecule has 1 heterocycles. The third-order valence-electron chi connectivity index (χ3n) is 4.82. The third-order valence-corrected chi connectivity index (χ3v) is 8.14. The average Bonchev–Trinajstić information content (AvgIpc) is 3.03. The molecule has 0 unspecified atom stereocenters. The molecule has 0 saturated heterocycles. The van der Waals surface area contributed by atoms with Gasteiger partial charge in [-0.05, 0) is 48.9 Å². The second-order valence-electron chi connectivity index (χ2n) is 6.85. The van der Waals surface area contributed by atoms with Crippen LogP contribution in [0.4, 0.5) is 0 Å². The maximum Gasteiger partial charge on any atom is 0.279 e. The molecule has 0 aliphatic rings. The SMILES string of the molecule is CCCCN(CC)S(=O)(=O)c1ccc(C(=O)N=c2sc3cc(Cl)ccc3n2C)cc1. The number of nitrogens with zero attached hydrogens (tertiary/aromatic N) is 3. The van der Waals surface area contributed by atoms with Crippen LogP contribution in [0, 0.1) is 0 Å². The molecule has 160 valence electrons. The molecule has 3 aromatic rings. The first-order valence-electron chi connectivity index (χ1n) is 9.72. The molecule has 0 spiro atoms. The van der Waals surface area contributed by atoms with Crippen molar-refractivity contribution in [1.29, 1.82) is 0 Å². The van der Waals surface area contributed by atoms with Crippen molar-refractivity contribution in [3.63, 3.8) is 0 Å². The molecule has 9 heteroatoms. The highest BCUT2D eigenvalue weighted by atomic mass is 35.5. The van der Waals surface area contributed by atoms with Gasteiger partial charge in [0.25, 0.3) is 5.91 Å². The van der Waals surface area contributed by atoms with E-state index < -0.39 is 15.9 Å². The molecule has 3 rings (SSSR count). The summed E-state index contributed by atoms with van der Waals surface area (Å²) in [6, 6.07) is 11.5. The highest BCUT2D eigenvalue weighted by molar-refractivity contribution is 7.89. The molecule has 30 heavy (non-hydrogen) atoms. The van der Waals surface area contributed by atoms with Gasteiger partial charge >= 0.3 is 0 Å². The number of hydrogen-bond donors (Lipinski definition) is 0. The first-order chi connectivity index (χ1) is 14.3. The monoisotopic (exact) mass is 465 g/mol. The zero-order chi connectivity index (χ0) is 21.9. The minimum absolute atomic E-state index is 0.180. The fraction of sp³-hybridized carbons (Fsp3) is 0.333. The van der Waals surface area contributed by atoms with Crippen molar-refractivity contribution < 1.29 is 13.2 Å². The molecule has 0 atom stereocenters. The van der Waals surface area contributed by atoms with E-state index in [-0.39, 0.29) is 4.90 Å². The number of thiazole rings is 1. The van der Waals surface area contributed by atoms with Gasteiger partial charge in [0.05, 0.1) is 15.1 Å². The van der Waals surface area contributed by atoms with Crippen LogP contribution in [0.3, 0.4) is 0 Å². The minimum Gasteiger partial charge on any atom is -0.319 e. The minimum atomic E-state index is -3.58. The lowest BCUT2D eigenvalue weighted by Gasteiger charge is -2.20. The number of rotatable bonds is 7. The fourth-order valence-corrected chi connectivity index (χ4v) is 5.85. The van der Waals surface area contributed by atoms with Crippen LogP contribution < -0.4 is 4.80 Å². The summed E-state index contributed by atoms with van der Waals surface area (Å²) in [6.07, 6.45) is 1.72. The third kappa shape index (κ3) is 4.67. The Labute approximate surface area is 185 Å². The van der Waals surface area contributed by atoms with Gasteiger partial charge in [0.1, 0.15) is 0 Å². The Bertz CT molecular complexity index is 1230. The summed E-state index contributed by atoms with van der Waals surface area (Å²) in [6.45, 7) is 4.74. The number of halogens is 1. The molecule has 1 aromatic heterocycles. The van der Waals surface area contributed by atoms with Gasteiger partial charge < -0.3 is 4.57 Å². The van der Waals surface area contributed by atoms with Gasteiger partial charge in [0.2, 0.25) is 10.0 Å². The zero-order valence-electron chi connectivity index (χ0n) is 17.1. The summed E-state index contributed by atoms with van der Waals surface area (Å²) in [4.78, 5) is 17.6. The zero-order valence-corrected chi connectivity index (χ0v) is 19.5. The van der Waals surface area contributed by atoms with Crippen molar-refractivity contribution in [2.24, 2.45) is 12.0 Å². The van der Waals surface area contributed by atoms with Crippen molar-refractivity contribution in [3.8, 4) is 0 Å². The van der Waals surface area contributed by atoms with Crippen LogP contribution in [0.25, 0.3) is 10.2 Å². The molecule has 0 saturated carbocycles. The first kappa shape index (κ1) is 22.7. The Morgan fingerprint density at radius 3 is 2.50 bits per heavy atom. The van der Waals surface area contributed by atoms with Gasteiger partial charge in [0.15, 0.2) is 4.80 Å². The van der Waals surface area contributed by atoms with Gasteiger partial charge in [-0.2, -0.15) is 9.30 Å². The molecule has 0 bridgehead atoms. The van der Waals surface area contributed by atoms with Gasteiger partial charge in [0, 0.05) is 30.7 Å². The van der Waals surface area contributed by atoms with E-state index in [0.717, 1.165) is 23.1 Å². The van der Waals surface area contributed by atoms with Crippen LogP contribution >= 0.6 is 22.9 Å². The highest BCUT2D eigenvalue weighted by Gasteiger charge is 2.22. The molecule has 6 nitrogen and oxygen atoms in total. The van der Waals surface area contributed by atoms with E-state index in [9.17, 15) is 13.2 Å². The van der Waals surface area contributed by atoms with Crippen molar-refractivity contribution >= 4 is 49.1 Å². The number of benzene rings is 2. The number of carbonyl (C=O) groups excluding carboxylic acids is 1. The second-order valence-corrected chi connectivity index (χ2v) is 10.2. The molecule has 0 fully saturated rings. The van der Waals surface area contributed by atoms with Crippen molar-refractivity contribution in [2.75, 3.05) is 13.1 Å². The Balaban J connectivity index is 1.88. The lowest BCUT2D eigenvalue weighted by molar-refractivity contribution is 0.0998. The summed E-state index contributed by atoms with van der Waals surface area (Å²) < 4.78 is 29.9. The van der Waals surface area contributed by atoms with Crippen LogP contribution in [0.15, 0.2) is 52.4 Å². The van der Waals surface area contributed by atoms with E-state index >= 15 is 0 Å². The predicted molar refractivity (Wildman–Crippen MR) is 121 cm³/mol. The number of sulfonamides is 1. The summed E-state index contributed by atoms with van der Waals surface area (Å²) in [5.74, 6) is -0.425. The van der Waals surface area contributed by atoms with Crippen LogP contribution in [0.2, 0.25) is 5.02 Å². The predicted octanol–water partition coefficient (Wildman–Crippen LogP) is 4.45. The number of fused-ring (bicyclic) bond motifs is 1. The number of unbranched alkanes of at least 4 members (excludes halogenated alkanes) is 1. The molecule has 0 N–H and O–H groups in total. The lowest BCUT2D eigenvalue weighted by atomic mass is 10.2. The van der Waals surface area contributed by atoms with E-state index in [1.165, 1.54) is 39.9 Å². The molecular weight excluding hydrogens is 442 g/mol. The molecular formula is C21H24ClN3O3S2. The van der Waals surface area contributed by atoms with Crippen molar-refractivity contribution in [2.45, 2.75) is 31.6 Å². The van der Waals surface area contributed by atoms with Gasteiger partial charge in [-0.3, -0.25) is 4.79 Å². The maximum atomic E-state index is 12.8. The van der Waals surface area contributed by atoms with Crippen LogP contribution in [0.1, 0.15) is 37.0 Å². The normalized spacial score (nSPS) is 12.8. The Morgan fingerprint density at radius 1 is 1.17 bits per heavy atom. The Kier molecular flexibility index (Phi) is 7.13. The Hall–Kier alpha value is -2.00. The maximum absolute atomic E-state index is 12.8. The summed E-state index contributed by atoms with van der Waals surface area (Å²) in [5.41, 5.74) is 1.27. The summed E-state index contributed by atoms with van der Waals surface area (Å²) >= 11 is 7.41. The summed E-state index contributed by atoms with van der Waals surface area (Å²) in [5, 5.41) is 0.624. The number of hydrogen-bond acceptors (Lipinski definition) is 4. The topological polar surface area (TPSA) is 71.7 Å². The summed E-state index contributed by atoms with van der Waals surface area (Å²) in [7, 11) is -1.74. The second kappa shape index (κ2) is 9.43. The highest BCUT2D eigenvalue weighted by Crippen LogP contribution is 2.21. The fourth-order valence-electron chi connectivity index (χ4n) is 3.07. The van der Waals surface area contributed by atoms with Crippen molar-refractivity contribution in [1.82, 2.24) is 8.87 Å². The van der Waals surface area contributed by atoms with Crippen LogP contribution in [-0.2, 0) is 17.1 Å². The molecule has 1 amide bonds. The van der Waals surface area contributed by atoms with E-state index in [2.05, 4.69) is 4.99 Å². The van der Waals surface area contributed by atoms with Gasteiger partial charge in [-0.25, -0.2) is 8.42 Å². The van der Waals surface area contributed by atoms with E-state index in [0.29, 0.717) is 28.5 Å². The average molecular weight is 466 g/mol. The van der Waals surface area contributed by atoms with Crippen LogP contribution in [-0.4, -0.2) is 36.3 Å². The number of carbonyl (C=O) groups is 1. The van der Waals surface area contributed by atoms with E-state index in [1.807, 2.05) is 37.6 Å². The molecule has 0 aliphatic heterocycles. The lowest BCUT2D eigenvalue weighted by Crippen LogP contribution is -2.31. The first-order valence-corrected chi connectivity index (χ1v) is 12.4. The smallest absolute Gasteiger partial charge is 0.279 e. The number of amides is 1. The molecule has 0 radical (unpaired) electrons. The van der Waals surface area contributed by atoms with E-state index in [4.69, 9.17) is 11.6 Å².